The molecule has 1 atom stereocenters. The summed E-state index contributed by atoms with van der Waals surface area (Å²) >= 11 is 0. The molecule has 5 heteroatoms. The van der Waals surface area contributed by atoms with Crippen LogP contribution in [0.15, 0.2) is 18.2 Å². The minimum atomic E-state index is -0.562. The van der Waals surface area contributed by atoms with Crippen molar-refractivity contribution in [3.8, 4) is 0 Å². The summed E-state index contributed by atoms with van der Waals surface area (Å²) in [6.07, 6.45) is -0.562. The molecule has 0 saturated heterocycles. The number of benzene rings is 1. The predicted molar refractivity (Wildman–Crippen MR) is 78.7 cm³/mol. The molecule has 108 valence electrons. The number of hydrogen-bond donors (Lipinski definition) is 2. The number of carbonyl (C=O) groups excluding carboxylic acids is 1. The van der Waals surface area contributed by atoms with E-state index in [1.807, 2.05) is 39.0 Å². The zero-order chi connectivity index (χ0) is 14.9. The molecule has 0 aliphatic heterocycles. The molecule has 0 radical (unpaired) electrons. The molecule has 0 bridgehead atoms. The van der Waals surface area contributed by atoms with Crippen LogP contribution in [0.4, 0.5) is 0 Å². The van der Waals surface area contributed by atoms with Gasteiger partial charge in [-0.2, -0.15) is 5.10 Å². The Bertz CT molecular complexity index is 617. The Hall–Kier alpha value is -1.88. The SMILES string of the molecule is Cc1ccc2[nH]nc(C(=O)N(CC(C)O)C(C)C)c2c1. The largest absolute Gasteiger partial charge is 0.392 e. The number of aliphatic hydroxyl groups excluding tert-OH is 1. The summed E-state index contributed by atoms with van der Waals surface area (Å²) in [5.41, 5.74) is 2.34. The summed E-state index contributed by atoms with van der Waals surface area (Å²) in [6, 6.07) is 5.86. The molecule has 2 aromatic rings. The Morgan fingerprint density at radius 3 is 2.70 bits per heavy atom. The fraction of sp³-hybridized carbons (Fsp3) is 0.467. The fourth-order valence-electron chi connectivity index (χ4n) is 2.24. The number of aliphatic hydroxyl groups is 1. The molecule has 1 unspecified atom stereocenters. The van der Waals surface area contributed by atoms with E-state index in [0.29, 0.717) is 12.2 Å². The zero-order valence-electron chi connectivity index (χ0n) is 12.3. The van der Waals surface area contributed by atoms with Crippen LogP contribution in [0.25, 0.3) is 10.9 Å². The molecule has 1 aromatic heterocycles. The second-order valence-electron chi connectivity index (χ2n) is 5.52. The molecule has 0 spiro atoms. The van der Waals surface area contributed by atoms with Gasteiger partial charge in [0, 0.05) is 18.0 Å². The Morgan fingerprint density at radius 1 is 1.40 bits per heavy atom. The minimum Gasteiger partial charge on any atom is -0.392 e. The van der Waals surface area contributed by atoms with Crippen molar-refractivity contribution in [1.29, 1.82) is 0 Å². The molecule has 0 aliphatic carbocycles. The van der Waals surface area contributed by atoms with Crippen molar-refractivity contribution in [2.45, 2.75) is 39.8 Å². The number of H-pyrrole nitrogens is 1. The smallest absolute Gasteiger partial charge is 0.275 e. The number of amides is 1. The highest BCUT2D eigenvalue weighted by Gasteiger charge is 2.24. The third-order valence-electron chi connectivity index (χ3n) is 3.27. The fourth-order valence-corrected chi connectivity index (χ4v) is 2.24. The number of aryl methyl sites for hydroxylation is 1. The van der Waals surface area contributed by atoms with Crippen molar-refractivity contribution in [1.82, 2.24) is 15.1 Å². The van der Waals surface area contributed by atoms with E-state index in [1.165, 1.54) is 0 Å². The van der Waals surface area contributed by atoms with E-state index in [2.05, 4.69) is 10.2 Å². The van der Waals surface area contributed by atoms with Gasteiger partial charge in [0.1, 0.15) is 0 Å². The van der Waals surface area contributed by atoms with Gasteiger partial charge in [-0.1, -0.05) is 11.6 Å². The average molecular weight is 275 g/mol. The maximum atomic E-state index is 12.6. The molecule has 2 N–H and O–H groups in total. The number of nitrogens with zero attached hydrogens (tertiary/aromatic N) is 2. The molecular weight excluding hydrogens is 254 g/mol. The molecular formula is C15H21N3O2. The number of hydrogen-bond acceptors (Lipinski definition) is 3. The van der Waals surface area contributed by atoms with E-state index in [4.69, 9.17) is 0 Å². The molecule has 0 fully saturated rings. The molecule has 2 rings (SSSR count). The molecule has 1 amide bonds. The van der Waals surface area contributed by atoms with E-state index in [1.54, 1.807) is 11.8 Å². The van der Waals surface area contributed by atoms with Crippen LogP contribution < -0.4 is 0 Å². The van der Waals surface area contributed by atoms with Gasteiger partial charge in [-0.05, 0) is 39.8 Å². The molecule has 1 aromatic carbocycles. The van der Waals surface area contributed by atoms with Crippen molar-refractivity contribution >= 4 is 16.8 Å². The standard InChI is InChI=1S/C15H21N3O2/c1-9(2)18(8-11(4)19)15(20)14-12-7-10(3)5-6-13(12)16-17-14/h5-7,9,11,19H,8H2,1-4H3,(H,16,17). The minimum absolute atomic E-state index is 0.00802. The van der Waals surface area contributed by atoms with Crippen LogP contribution in [-0.4, -0.2) is 44.8 Å². The molecule has 0 saturated carbocycles. The van der Waals surface area contributed by atoms with Crippen molar-refractivity contribution < 1.29 is 9.90 Å². The number of aromatic amines is 1. The lowest BCUT2D eigenvalue weighted by molar-refractivity contribution is 0.0575. The van der Waals surface area contributed by atoms with Crippen LogP contribution in [0.1, 0.15) is 36.8 Å². The highest BCUT2D eigenvalue weighted by molar-refractivity contribution is 6.04. The highest BCUT2D eigenvalue weighted by Crippen LogP contribution is 2.20. The van der Waals surface area contributed by atoms with Gasteiger partial charge < -0.3 is 10.0 Å². The van der Waals surface area contributed by atoms with Crippen molar-refractivity contribution in [2.75, 3.05) is 6.54 Å². The van der Waals surface area contributed by atoms with Crippen LogP contribution in [-0.2, 0) is 0 Å². The Morgan fingerprint density at radius 2 is 2.10 bits per heavy atom. The quantitative estimate of drug-likeness (QED) is 0.897. The van der Waals surface area contributed by atoms with Gasteiger partial charge in [0.2, 0.25) is 0 Å². The first kappa shape index (κ1) is 14.5. The maximum Gasteiger partial charge on any atom is 0.275 e. The number of fused-ring (bicyclic) bond motifs is 1. The van der Waals surface area contributed by atoms with E-state index in [-0.39, 0.29) is 11.9 Å². The summed E-state index contributed by atoms with van der Waals surface area (Å²) in [5.74, 6) is -0.155. The Labute approximate surface area is 118 Å². The van der Waals surface area contributed by atoms with Gasteiger partial charge in [-0.15, -0.1) is 0 Å². The topological polar surface area (TPSA) is 69.2 Å². The summed E-state index contributed by atoms with van der Waals surface area (Å²) in [4.78, 5) is 14.3. The number of carbonyl (C=O) groups is 1. The Balaban J connectivity index is 2.41. The van der Waals surface area contributed by atoms with Crippen LogP contribution in [0.5, 0.6) is 0 Å². The van der Waals surface area contributed by atoms with Crippen LogP contribution in [0, 0.1) is 6.92 Å². The van der Waals surface area contributed by atoms with E-state index >= 15 is 0 Å². The third kappa shape index (κ3) is 2.82. The van der Waals surface area contributed by atoms with E-state index < -0.39 is 6.10 Å². The average Bonchev–Trinajstić information content (AvgIpc) is 2.77. The normalized spacial score (nSPS) is 12.9. The zero-order valence-corrected chi connectivity index (χ0v) is 12.3. The van der Waals surface area contributed by atoms with Gasteiger partial charge in [-0.3, -0.25) is 9.89 Å². The van der Waals surface area contributed by atoms with Gasteiger partial charge in [0.25, 0.3) is 5.91 Å². The van der Waals surface area contributed by atoms with Crippen molar-refractivity contribution in [3.05, 3.63) is 29.5 Å². The number of aromatic nitrogens is 2. The van der Waals surface area contributed by atoms with Gasteiger partial charge >= 0.3 is 0 Å². The monoisotopic (exact) mass is 275 g/mol. The summed E-state index contributed by atoms with van der Waals surface area (Å²) < 4.78 is 0. The third-order valence-corrected chi connectivity index (χ3v) is 3.27. The maximum absolute atomic E-state index is 12.6. The van der Waals surface area contributed by atoms with Crippen LogP contribution in [0.2, 0.25) is 0 Å². The van der Waals surface area contributed by atoms with Crippen LogP contribution in [0.3, 0.4) is 0 Å². The van der Waals surface area contributed by atoms with Crippen LogP contribution >= 0.6 is 0 Å². The lowest BCUT2D eigenvalue weighted by Gasteiger charge is -2.27. The second-order valence-corrected chi connectivity index (χ2v) is 5.52. The summed E-state index contributed by atoms with van der Waals surface area (Å²) in [5, 5.41) is 17.4. The lowest BCUT2D eigenvalue weighted by atomic mass is 10.1. The summed E-state index contributed by atoms with van der Waals surface area (Å²) in [6.45, 7) is 7.82. The lowest BCUT2D eigenvalue weighted by Crippen LogP contribution is -2.41. The van der Waals surface area contributed by atoms with Gasteiger partial charge in [0.05, 0.1) is 11.6 Å². The number of rotatable bonds is 4. The van der Waals surface area contributed by atoms with E-state index in [0.717, 1.165) is 16.5 Å². The van der Waals surface area contributed by atoms with Gasteiger partial charge in [-0.25, -0.2) is 0 Å². The second kappa shape index (κ2) is 5.63. The highest BCUT2D eigenvalue weighted by atomic mass is 16.3. The van der Waals surface area contributed by atoms with Crippen molar-refractivity contribution in [3.63, 3.8) is 0 Å². The molecule has 5 nitrogen and oxygen atoms in total. The van der Waals surface area contributed by atoms with E-state index in [9.17, 15) is 9.90 Å². The first-order valence-corrected chi connectivity index (χ1v) is 6.84. The Kier molecular flexibility index (Phi) is 4.09. The first-order valence-electron chi connectivity index (χ1n) is 6.84. The molecule has 1 heterocycles. The number of nitrogens with one attached hydrogen (secondary N) is 1. The van der Waals surface area contributed by atoms with Gasteiger partial charge in [0.15, 0.2) is 5.69 Å². The molecule has 20 heavy (non-hydrogen) atoms. The first-order chi connectivity index (χ1) is 9.40. The molecule has 0 aliphatic rings. The summed E-state index contributed by atoms with van der Waals surface area (Å²) in [7, 11) is 0. The predicted octanol–water partition coefficient (Wildman–Crippen LogP) is 2.10. The van der Waals surface area contributed by atoms with Crippen molar-refractivity contribution in [2.24, 2.45) is 0 Å².